The summed E-state index contributed by atoms with van der Waals surface area (Å²) in [6.07, 6.45) is 1.18. The zero-order valence-electron chi connectivity index (χ0n) is 16.1. The molecule has 1 atom stereocenters. The van der Waals surface area contributed by atoms with Crippen LogP contribution in [-0.4, -0.2) is 11.6 Å². The van der Waals surface area contributed by atoms with Crippen LogP contribution >= 0.6 is 23.2 Å². The number of carbonyl (C=O) groups excluding carboxylic acids is 2. The molecule has 1 unspecified atom stereocenters. The van der Waals surface area contributed by atoms with E-state index in [0.717, 1.165) is 28.9 Å². The van der Waals surface area contributed by atoms with Crippen LogP contribution in [0, 0.1) is 5.41 Å². The zero-order chi connectivity index (χ0) is 20.5. The van der Waals surface area contributed by atoms with E-state index in [1.807, 2.05) is 30.3 Å². The molecular weight excluding hydrogens is 405 g/mol. The summed E-state index contributed by atoms with van der Waals surface area (Å²) in [5.74, 6) is -0.479. The van der Waals surface area contributed by atoms with Gasteiger partial charge < -0.3 is 5.32 Å². The molecule has 5 rings (SSSR count). The Hall–Kier alpha value is -2.36. The molecule has 0 saturated heterocycles. The highest BCUT2D eigenvalue weighted by Gasteiger charge is 2.46. The molecule has 1 aliphatic heterocycles. The first-order valence-electron chi connectivity index (χ1n) is 9.63. The van der Waals surface area contributed by atoms with E-state index in [0.29, 0.717) is 33.2 Å². The smallest absolute Gasteiger partial charge is 0.192 e. The predicted octanol–water partition coefficient (Wildman–Crippen LogP) is 5.93. The van der Waals surface area contributed by atoms with Crippen LogP contribution in [0.3, 0.4) is 0 Å². The minimum Gasteiger partial charge on any atom is -0.358 e. The quantitative estimate of drug-likeness (QED) is 0.617. The van der Waals surface area contributed by atoms with Crippen LogP contribution in [-0.2, 0) is 4.79 Å². The number of rotatable bonds is 1. The summed E-state index contributed by atoms with van der Waals surface area (Å²) in [7, 11) is 0. The molecule has 1 N–H and O–H groups in total. The lowest BCUT2D eigenvalue weighted by atomic mass is 9.68. The SMILES string of the molecule is CC1(C)CC(=O)C2=C(C1)NC1=C(C(=O)c3ccccc31)C2c1ccc(Cl)cc1Cl. The standard InChI is InChI=1S/C24H19Cl2NO2/c1-24(2)10-17-20(18(28)11-24)19(15-8-7-12(25)9-16(15)26)21-22(27-17)13-5-3-4-6-14(13)23(21)29/h3-9,19,27H,10-11H2,1-2H3. The third kappa shape index (κ3) is 2.79. The second-order valence-corrected chi connectivity index (χ2v) is 9.56. The van der Waals surface area contributed by atoms with Gasteiger partial charge in [-0.05, 0) is 29.5 Å². The second kappa shape index (κ2) is 6.32. The van der Waals surface area contributed by atoms with Gasteiger partial charge in [-0.2, -0.15) is 0 Å². The Balaban J connectivity index is 1.78. The third-order valence-corrected chi connectivity index (χ3v) is 6.56. The average molecular weight is 424 g/mol. The van der Waals surface area contributed by atoms with E-state index < -0.39 is 5.92 Å². The van der Waals surface area contributed by atoms with Crippen LogP contribution in [0.4, 0.5) is 0 Å². The molecule has 2 aromatic carbocycles. The van der Waals surface area contributed by atoms with E-state index in [1.165, 1.54) is 0 Å². The van der Waals surface area contributed by atoms with Crippen molar-refractivity contribution in [1.82, 2.24) is 5.32 Å². The summed E-state index contributed by atoms with van der Waals surface area (Å²) in [6, 6.07) is 12.8. The lowest BCUT2D eigenvalue weighted by molar-refractivity contribution is -0.118. The Morgan fingerprint density at radius 2 is 1.69 bits per heavy atom. The molecule has 2 aromatic rings. The Morgan fingerprint density at radius 3 is 2.41 bits per heavy atom. The van der Waals surface area contributed by atoms with E-state index in [2.05, 4.69) is 19.2 Å². The molecule has 5 heteroatoms. The van der Waals surface area contributed by atoms with Crippen molar-refractivity contribution in [3.05, 3.63) is 86.0 Å². The molecule has 146 valence electrons. The fourth-order valence-corrected chi connectivity index (χ4v) is 5.35. The van der Waals surface area contributed by atoms with Crippen molar-refractivity contribution in [3.8, 4) is 0 Å². The number of benzene rings is 2. The van der Waals surface area contributed by atoms with Gasteiger partial charge in [0.2, 0.25) is 0 Å². The van der Waals surface area contributed by atoms with E-state index in [4.69, 9.17) is 23.2 Å². The van der Waals surface area contributed by atoms with E-state index in [9.17, 15) is 9.59 Å². The normalized spacial score (nSPS) is 22.3. The van der Waals surface area contributed by atoms with Gasteiger partial charge in [-0.3, -0.25) is 9.59 Å². The van der Waals surface area contributed by atoms with Gasteiger partial charge in [0.1, 0.15) is 0 Å². The van der Waals surface area contributed by atoms with Crippen molar-refractivity contribution in [2.75, 3.05) is 0 Å². The number of dihydropyridines is 1. The van der Waals surface area contributed by atoms with Crippen LogP contribution < -0.4 is 5.32 Å². The van der Waals surface area contributed by atoms with Crippen LogP contribution in [0.2, 0.25) is 10.0 Å². The number of hydrogen-bond acceptors (Lipinski definition) is 3. The fourth-order valence-electron chi connectivity index (χ4n) is 4.84. The van der Waals surface area contributed by atoms with Crippen LogP contribution in [0.15, 0.2) is 59.3 Å². The van der Waals surface area contributed by atoms with Crippen molar-refractivity contribution >= 4 is 40.5 Å². The Labute approximate surface area is 179 Å². The summed E-state index contributed by atoms with van der Waals surface area (Å²) < 4.78 is 0. The summed E-state index contributed by atoms with van der Waals surface area (Å²) >= 11 is 12.7. The summed E-state index contributed by atoms with van der Waals surface area (Å²) in [5.41, 5.74) is 5.09. The van der Waals surface area contributed by atoms with Gasteiger partial charge in [0, 0.05) is 50.4 Å². The van der Waals surface area contributed by atoms with Gasteiger partial charge in [-0.25, -0.2) is 0 Å². The number of carbonyl (C=O) groups is 2. The number of hydrogen-bond donors (Lipinski definition) is 1. The molecular formula is C24H19Cl2NO2. The maximum absolute atomic E-state index is 13.4. The first kappa shape index (κ1) is 18.7. The largest absolute Gasteiger partial charge is 0.358 e. The monoisotopic (exact) mass is 423 g/mol. The molecule has 3 aliphatic rings. The van der Waals surface area contributed by atoms with Crippen LogP contribution in [0.25, 0.3) is 5.70 Å². The van der Waals surface area contributed by atoms with Gasteiger partial charge in [0.15, 0.2) is 11.6 Å². The van der Waals surface area contributed by atoms with Crippen LogP contribution in [0.5, 0.6) is 0 Å². The zero-order valence-corrected chi connectivity index (χ0v) is 17.6. The molecule has 0 fully saturated rings. The number of nitrogens with one attached hydrogen (secondary N) is 1. The second-order valence-electron chi connectivity index (χ2n) is 8.72. The van der Waals surface area contributed by atoms with Gasteiger partial charge >= 0.3 is 0 Å². The van der Waals surface area contributed by atoms with Crippen molar-refractivity contribution in [3.63, 3.8) is 0 Å². The van der Waals surface area contributed by atoms with E-state index >= 15 is 0 Å². The van der Waals surface area contributed by atoms with Crippen molar-refractivity contribution in [2.24, 2.45) is 5.41 Å². The molecule has 0 bridgehead atoms. The highest BCUT2D eigenvalue weighted by molar-refractivity contribution is 6.35. The molecule has 0 saturated carbocycles. The number of Topliss-reactive ketones (excluding diaryl/α,β-unsaturated/α-hetero) is 2. The molecule has 1 heterocycles. The number of fused-ring (bicyclic) bond motifs is 2. The maximum atomic E-state index is 13.4. The lowest BCUT2D eigenvalue weighted by Gasteiger charge is -2.39. The Morgan fingerprint density at radius 1 is 0.966 bits per heavy atom. The fraction of sp³-hybridized carbons (Fsp3) is 0.250. The first-order valence-corrected chi connectivity index (χ1v) is 10.4. The van der Waals surface area contributed by atoms with Crippen molar-refractivity contribution < 1.29 is 9.59 Å². The third-order valence-electron chi connectivity index (χ3n) is 6.00. The molecule has 29 heavy (non-hydrogen) atoms. The topological polar surface area (TPSA) is 46.2 Å². The van der Waals surface area contributed by atoms with Gasteiger partial charge in [0.25, 0.3) is 0 Å². The summed E-state index contributed by atoms with van der Waals surface area (Å²) in [4.78, 5) is 26.7. The number of ketones is 2. The van der Waals surface area contributed by atoms with Crippen molar-refractivity contribution in [2.45, 2.75) is 32.6 Å². The first-order chi connectivity index (χ1) is 13.8. The molecule has 0 amide bonds. The summed E-state index contributed by atoms with van der Waals surface area (Å²) in [5, 5.41) is 4.45. The number of halogens is 2. The predicted molar refractivity (Wildman–Crippen MR) is 115 cm³/mol. The molecule has 2 aliphatic carbocycles. The average Bonchev–Trinajstić information content (AvgIpc) is 2.92. The van der Waals surface area contributed by atoms with E-state index in [-0.39, 0.29) is 17.0 Å². The molecule has 0 radical (unpaired) electrons. The number of allylic oxidation sites excluding steroid dienone is 3. The molecule has 0 spiro atoms. The minimum atomic E-state index is -0.491. The van der Waals surface area contributed by atoms with Crippen molar-refractivity contribution in [1.29, 1.82) is 0 Å². The molecule has 3 nitrogen and oxygen atoms in total. The lowest BCUT2D eigenvalue weighted by Crippen LogP contribution is -2.37. The van der Waals surface area contributed by atoms with E-state index in [1.54, 1.807) is 12.1 Å². The highest BCUT2D eigenvalue weighted by atomic mass is 35.5. The van der Waals surface area contributed by atoms with Crippen LogP contribution in [0.1, 0.15) is 54.1 Å². The Kier molecular flexibility index (Phi) is 4.06. The highest BCUT2D eigenvalue weighted by Crippen LogP contribution is 2.52. The maximum Gasteiger partial charge on any atom is 0.192 e. The van der Waals surface area contributed by atoms with Gasteiger partial charge in [0.05, 0.1) is 5.70 Å². The summed E-state index contributed by atoms with van der Waals surface area (Å²) in [6.45, 7) is 4.19. The minimum absolute atomic E-state index is 0.0525. The van der Waals surface area contributed by atoms with Gasteiger partial charge in [-0.1, -0.05) is 67.4 Å². The van der Waals surface area contributed by atoms with Gasteiger partial charge in [-0.15, -0.1) is 0 Å². The Bertz CT molecular complexity index is 1170. The molecule has 0 aromatic heterocycles.